The lowest BCUT2D eigenvalue weighted by atomic mass is 9.98. The Kier molecular flexibility index (Phi) is 5.73. The van der Waals surface area contributed by atoms with E-state index in [2.05, 4.69) is 25.3 Å². The first kappa shape index (κ1) is 18.7. The van der Waals surface area contributed by atoms with E-state index in [9.17, 15) is 4.79 Å². The van der Waals surface area contributed by atoms with Crippen molar-refractivity contribution in [1.82, 2.24) is 25.1 Å². The molecule has 150 valence electrons. The number of ether oxygens (including phenoxy) is 1. The molecule has 1 saturated carbocycles. The van der Waals surface area contributed by atoms with Crippen LogP contribution in [-0.4, -0.2) is 50.9 Å². The Morgan fingerprint density at radius 1 is 1.11 bits per heavy atom. The highest BCUT2D eigenvalue weighted by Gasteiger charge is 2.23. The van der Waals surface area contributed by atoms with Gasteiger partial charge >= 0.3 is 0 Å². The highest BCUT2D eigenvalue weighted by atomic mass is 16.5. The van der Waals surface area contributed by atoms with Crippen molar-refractivity contribution >= 4 is 11.7 Å². The van der Waals surface area contributed by atoms with Crippen LogP contribution in [0.15, 0.2) is 24.8 Å². The van der Waals surface area contributed by atoms with E-state index >= 15 is 0 Å². The Bertz CT molecular complexity index is 793. The zero-order chi connectivity index (χ0) is 19.3. The monoisotopic (exact) mass is 384 g/mol. The van der Waals surface area contributed by atoms with Gasteiger partial charge in [-0.05, 0) is 38.5 Å². The predicted octanol–water partition coefficient (Wildman–Crippen LogP) is 2.32. The average Bonchev–Trinajstić information content (AvgIpc) is 3.16. The number of hydrogen-bond acceptors (Lipinski definition) is 6. The maximum Gasteiger partial charge on any atom is 0.254 e. The third kappa shape index (κ3) is 4.61. The van der Waals surface area contributed by atoms with Crippen molar-refractivity contribution in [2.75, 3.05) is 18.0 Å². The van der Waals surface area contributed by atoms with Gasteiger partial charge in [0.05, 0.1) is 24.2 Å². The number of aromatic nitrogens is 4. The van der Waals surface area contributed by atoms with Crippen LogP contribution in [0.3, 0.4) is 0 Å². The number of hydrogen-bond donors (Lipinski definition) is 1. The number of nitrogens with one attached hydrogen (secondary N) is 1. The molecule has 0 atom stereocenters. The molecule has 2 aliphatic rings. The summed E-state index contributed by atoms with van der Waals surface area (Å²) in [5, 5.41) is 7.16. The molecule has 8 nitrogen and oxygen atoms in total. The van der Waals surface area contributed by atoms with E-state index in [1.54, 1.807) is 29.5 Å². The number of nitrogens with zero attached hydrogens (tertiary/aromatic N) is 5. The smallest absolute Gasteiger partial charge is 0.254 e. The third-order valence-corrected chi connectivity index (χ3v) is 5.56. The summed E-state index contributed by atoms with van der Waals surface area (Å²) in [4.78, 5) is 23.5. The van der Waals surface area contributed by atoms with Crippen LogP contribution < -0.4 is 15.0 Å². The third-order valence-electron chi connectivity index (χ3n) is 5.56. The summed E-state index contributed by atoms with van der Waals surface area (Å²) in [7, 11) is 1.81. The molecule has 0 unspecified atom stereocenters. The van der Waals surface area contributed by atoms with Gasteiger partial charge in [0.1, 0.15) is 6.10 Å². The fourth-order valence-corrected chi connectivity index (χ4v) is 3.96. The van der Waals surface area contributed by atoms with Gasteiger partial charge in [0, 0.05) is 32.4 Å². The molecule has 3 heterocycles. The van der Waals surface area contributed by atoms with Crippen LogP contribution >= 0.6 is 0 Å². The van der Waals surface area contributed by atoms with Gasteiger partial charge in [-0.25, -0.2) is 0 Å². The highest BCUT2D eigenvalue weighted by Crippen LogP contribution is 2.24. The number of rotatable bonds is 5. The standard InChI is InChI=1S/C20H28N6O2/c1-25-14-15(11-22-25)20(27)23-16-7-9-26(10-8-16)18-12-21-13-19(24-18)28-17-5-3-2-4-6-17/h11-14,16-17H,2-10H2,1H3,(H,23,27). The van der Waals surface area contributed by atoms with Crippen LogP contribution in [0.4, 0.5) is 5.82 Å². The minimum Gasteiger partial charge on any atom is -0.473 e. The fourth-order valence-electron chi connectivity index (χ4n) is 3.96. The van der Waals surface area contributed by atoms with Crippen molar-refractivity contribution in [3.05, 3.63) is 30.4 Å². The van der Waals surface area contributed by atoms with Crippen LogP contribution in [0.2, 0.25) is 0 Å². The molecule has 2 aromatic heterocycles. The minimum atomic E-state index is -0.0609. The second-order valence-electron chi connectivity index (χ2n) is 7.73. The number of carbonyl (C=O) groups excluding carboxylic acids is 1. The Balaban J connectivity index is 1.29. The van der Waals surface area contributed by atoms with E-state index in [1.807, 2.05) is 7.05 Å². The minimum absolute atomic E-state index is 0.0609. The van der Waals surface area contributed by atoms with Crippen LogP contribution in [0.5, 0.6) is 5.88 Å². The van der Waals surface area contributed by atoms with Gasteiger partial charge in [0.25, 0.3) is 5.91 Å². The lowest BCUT2D eigenvalue weighted by Crippen LogP contribution is -2.45. The molecule has 28 heavy (non-hydrogen) atoms. The summed E-state index contributed by atoms with van der Waals surface area (Å²) < 4.78 is 7.68. The zero-order valence-electron chi connectivity index (χ0n) is 16.4. The summed E-state index contributed by atoms with van der Waals surface area (Å²) >= 11 is 0. The maximum atomic E-state index is 12.3. The molecule has 1 aliphatic carbocycles. The Morgan fingerprint density at radius 3 is 2.61 bits per heavy atom. The first-order chi connectivity index (χ1) is 13.7. The van der Waals surface area contributed by atoms with Gasteiger partial charge in [-0.1, -0.05) is 6.42 Å². The number of amides is 1. The number of aryl methyl sites for hydroxylation is 1. The second kappa shape index (κ2) is 8.58. The van der Waals surface area contributed by atoms with Crippen molar-refractivity contribution in [2.24, 2.45) is 7.05 Å². The SMILES string of the molecule is Cn1cc(C(=O)NC2CCN(c3cncc(OC4CCCCC4)n3)CC2)cn1. The Morgan fingerprint density at radius 2 is 1.89 bits per heavy atom. The Labute approximate surface area is 165 Å². The summed E-state index contributed by atoms with van der Waals surface area (Å²) in [5.41, 5.74) is 0.600. The van der Waals surface area contributed by atoms with Crippen LogP contribution in [0.25, 0.3) is 0 Å². The molecule has 1 amide bonds. The van der Waals surface area contributed by atoms with E-state index in [0.717, 1.165) is 44.6 Å². The molecule has 2 fully saturated rings. The van der Waals surface area contributed by atoms with Gasteiger partial charge in [-0.2, -0.15) is 10.1 Å². The van der Waals surface area contributed by atoms with Gasteiger partial charge < -0.3 is 15.0 Å². The molecule has 1 N–H and O–H groups in total. The highest BCUT2D eigenvalue weighted by molar-refractivity contribution is 5.93. The largest absolute Gasteiger partial charge is 0.473 e. The lowest BCUT2D eigenvalue weighted by molar-refractivity contribution is 0.0931. The molecule has 1 saturated heterocycles. The molecule has 0 aromatic carbocycles. The zero-order valence-corrected chi connectivity index (χ0v) is 16.4. The molecule has 0 bridgehead atoms. The van der Waals surface area contributed by atoms with Crippen molar-refractivity contribution in [3.8, 4) is 5.88 Å². The first-order valence-electron chi connectivity index (χ1n) is 10.2. The van der Waals surface area contributed by atoms with E-state index in [0.29, 0.717) is 11.4 Å². The van der Waals surface area contributed by atoms with Crippen LogP contribution in [-0.2, 0) is 7.05 Å². The van der Waals surface area contributed by atoms with E-state index in [1.165, 1.54) is 19.3 Å². The molecule has 8 heteroatoms. The Hall–Kier alpha value is -2.64. The summed E-state index contributed by atoms with van der Waals surface area (Å²) in [6.45, 7) is 1.67. The molecular weight excluding hydrogens is 356 g/mol. The van der Waals surface area contributed by atoms with Gasteiger partial charge in [0.2, 0.25) is 5.88 Å². The molecular formula is C20H28N6O2. The van der Waals surface area contributed by atoms with Crippen LogP contribution in [0, 0.1) is 0 Å². The van der Waals surface area contributed by atoms with E-state index in [-0.39, 0.29) is 18.1 Å². The molecule has 0 spiro atoms. The number of piperidine rings is 1. The quantitative estimate of drug-likeness (QED) is 0.852. The van der Waals surface area contributed by atoms with E-state index < -0.39 is 0 Å². The number of carbonyl (C=O) groups is 1. The molecule has 1 aliphatic heterocycles. The lowest BCUT2D eigenvalue weighted by Gasteiger charge is -2.33. The van der Waals surface area contributed by atoms with E-state index in [4.69, 9.17) is 4.74 Å². The number of anilines is 1. The average molecular weight is 384 g/mol. The van der Waals surface area contributed by atoms with Crippen LogP contribution in [0.1, 0.15) is 55.3 Å². The van der Waals surface area contributed by atoms with Crippen molar-refractivity contribution < 1.29 is 9.53 Å². The molecule has 4 rings (SSSR count). The predicted molar refractivity (Wildman–Crippen MR) is 105 cm³/mol. The van der Waals surface area contributed by atoms with Gasteiger partial charge in [0.15, 0.2) is 5.82 Å². The summed E-state index contributed by atoms with van der Waals surface area (Å²) in [5.74, 6) is 1.41. The maximum absolute atomic E-state index is 12.3. The van der Waals surface area contributed by atoms with Gasteiger partial charge in [-0.3, -0.25) is 14.5 Å². The van der Waals surface area contributed by atoms with Gasteiger partial charge in [-0.15, -0.1) is 0 Å². The van der Waals surface area contributed by atoms with Crippen molar-refractivity contribution in [2.45, 2.75) is 57.1 Å². The first-order valence-corrected chi connectivity index (χ1v) is 10.2. The topological polar surface area (TPSA) is 85.2 Å². The van der Waals surface area contributed by atoms with Crippen molar-refractivity contribution in [1.29, 1.82) is 0 Å². The molecule has 0 radical (unpaired) electrons. The van der Waals surface area contributed by atoms with Crippen molar-refractivity contribution in [3.63, 3.8) is 0 Å². The molecule has 2 aromatic rings. The fraction of sp³-hybridized carbons (Fsp3) is 0.600. The normalized spacial score (nSPS) is 18.8. The summed E-state index contributed by atoms with van der Waals surface area (Å²) in [6.07, 6.45) is 14.8. The summed E-state index contributed by atoms with van der Waals surface area (Å²) in [6, 6.07) is 0.165. The second-order valence-corrected chi connectivity index (χ2v) is 7.73.